The molecule has 0 aromatic carbocycles. The first-order valence-electron chi connectivity index (χ1n) is 9.09. The minimum atomic E-state index is -0.0650. The molecular weight excluding hydrogens is 312 g/mol. The van der Waals surface area contributed by atoms with Gasteiger partial charge in [0.2, 0.25) is 0 Å². The second-order valence-electron chi connectivity index (χ2n) is 5.55. The highest BCUT2D eigenvalue weighted by atomic mass is 32.2. The fraction of sp³-hybridized carbons (Fsp3) is 0.889. The highest BCUT2D eigenvalue weighted by Crippen LogP contribution is 2.12. The van der Waals surface area contributed by atoms with Gasteiger partial charge in [-0.1, -0.05) is 25.7 Å². The fourth-order valence-electron chi connectivity index (χ4n) is 2.22. The van der Waals surface area contributed by atoms with Crippen molar-refractivity contribution in [2.45, 2.75) is 78.1 Å². The summed E-state index contributed by atoms with van der Waals surface area (Å²) < 4.78 is 9.80. The Kier molecular flexibility index (Phi) is 17.1. The molecule has 0 bridgehead atoms. The van der Waals surface area contributed by atoms with Gasteiger partial charge >= 0.3 is 11.9 Å². The van der Waals surface area contributed by atoms with Gasteiger partial charge < -0.3 is 9.47 Å². The van der Waals surface area contributed by atoms with Crippen LogP contribution in [0.2, 0.25) is 0 Å². The highest BCUT2D eigenvalue weighted by Gasteiger charge is 2.01. The smallest absolute Gasteiger partial charge is 0.305 e. The number of unbranched alkanes of at least 4 members (excludes halogenated alkanes) is 6. The van der Waals surface area contributed by atoms with Crippen LogP contribution in [0, 0.1) is 0 Å². The van der Waals surface area contributed by atoms with E-state index in [1.807, 2.05) is 25.6 Å². The van der Waals surface area contributed by atoms with E-state index in [0.717, 1.165) is 25.7 Å². The number of esters is 2. The van der Waals surface area contributed by atoms with Crippen molar-refractivity contribution in [1.82, 2.24) is 0 Å². The summed E-state index contributed by atoms with van der Waals surface area (Å²) in [5.74, 6) is 2.29. The first kappa shape index (κ1) is 22.3. The lowest BCUT2D eigenvalue weighted by Crippen LogP contribution is -2.03. The molecular formula is C18H34O4S. The van der Waals surface area contributed by atoms with Gasteiger partial charge in [0.15, 0.2) is 0 Å². The molecule has 0 aliphatic carbocycles. The Morgan fingerprint density at radius 1 is 0.652 bits per heavy atom. The second kappa shape index (κ2) is 17.6. The van der Waals surface area contributed by atoms with E-state index in [9.17, 15) is 9.59 Å². The molecule has 136 valence electrons. The van der Waals surface area contributed by atoms with Crippen molar-refractivity contribution in [2.75, 3.05) is 24.7 Å². The second-order valence-corrected chi connectivity index (χ2v) is 6.78. The van der Waals surface area contributed by atoms with Gasteiger partial charge in [-0.2, -0.15) is 11.8 Å². The van der Waals surface area contributed by atoms with Gasteiger partial charge in [0.05, 0.1) is 13.2 Å². The quantitative estimate of drug-likeness (QED) is 0.298. The summed E-state index contributed by atoms with van der Waals surface area (Å²) in [5, 5.41) is 0. The van der Waals surface area contributed by atoms with E-state index in [0.29, 0.717) is 26.1 Å². The highest BCUT2D eigenvalue weighted by molar-refractivity contribution is 7.99. The summed E-state index contributed by atoms with van der Waals surface area (Å²) in [4.78, 5) is 22.3. The van der Waals surface area contributed by atoms with Crippen molar-refractivity contribution in [3.05, 3.63) is 0 Å². The average molecular weight is 347 g/mol. The predicted octanol–water partition coefficient (Wildman–Crippen LogP) is 4.75. The summed E-state index contributed by atoms with van der Waals surface area (Å²) in [6.45, 7) is 4.65. The van der Waals surface area contributed by atoms with Gasteiger partial charge in [-0.15, -0.1) is 0 Å². The predicted molar refractivity (Wildman–Crippen MR) is 96.8 cm³/mol. The van der Waals surface area contributed by atoms with E-state index in [-0.39, 0.29) is 11.9 Å². The van der Waals surface area contributed by atoms with Crippen LogP contribution in [0.3, 0.4) is 0 Å². The van der Waals surface area contributed by atoms with Crippen LogP contribution in [0.5, 0.6) is 0 Å². The third-order valence-corrected chi connectivity index (χ3v) is 4.60. The summed E-state index contributed by atoms with van der Waals surface area (Å²) in [7, 11) is 0. The number of rotatable bonds is 16. The number of ether oxygens (including phenoxy) is 2. The van der Waals surface area contributed by atoms with Crippen molar-refractivity contribution in [3.8, 4) is 0 Å². The van der Waals surface area contributed by atoms with E-state index >= 15 is 0 Å². The Bertz CT molecular complexity index is 267. The van der Waals surface area contributed by atoms with Crippen molar-refractivity contribution in [3.63, 3.8) is 0 Å². The maximum Gasteiger partial charge on any atom is 0.305 e. The fourth-order valence-corrected chi connectivity index (χ4v) is 3.24. The van der Waals surface area contributed by atoms with Gasteiger partial charge in [0, 0.05) is 12.8 Å². The first-order valence-corrected chi connectivity index (χ1v) is 10.2. The van der Waals surface area contributed by atoms with Crippen LogP contribution >= 0.6 is 11.8 Å². The van der Waals surface area contributed by atoms with E-state index in [1.54, 1.807) is 0 Å². The molecule has 0 N–H and O–H groups in total. The Hall–Kier alpha value is -0.710. The Morgan fingerprint density at radius 2 is 1.04 bits per heavy atom. The molecule has 0 heterocycles. The molecule has 0 aliphatic rings. The van der Waals surface area contributed by atoms with Crippen LogP contribution in [-0.4, -0.2) is 36.7 Å². The molecule has 0 rings (SSSR count). The van der Waals surface area contributed by atoms with E-state index in [4.69, 9.17) is 9.47 Å². The zero-order valence-corrected chi connectivity index (χ0v) is 15.8. The molecule has 0 radical (unpaired) electrons. The number of thioether (sulfide) groups is 1. The topological polar surface area (TPSA) is 52.6 Å². The minimum Gasteiger partial charge on any atom is -0.466 e. The van der Waals surface area contributed by atoms with Gasteiger partial charge in [0.1, 0.15) is 0 Å². The third-order valence-electron chi connectivity index (χ3n) is 3.45. The number of carbonyl (C=O) groups is 2. The largest absolute Gasteiger partial charge is 0.466 e. The summed E-state index contributed by atoms with van der Waals surface area (Å²) in [5.41, 5.74) is 0. The Morgan fingerprint density at radius 3 is 1.43 bits per heavy atom. The lowest BCUT2D eigenvalue weighted by Gasteiger charge is -2.04. The zero-order valence-electron chi connectivity index (χ0n) is 14.9. The minimum absolute atomic E-state index is 0.0650. The number of carbonyl (C=O) groups excluding carboxylic acids is 2. The molecule has 5 heteroatoms. The molecule has 0 saturated carbocycles. The molecule has 0 saturated heterocycles. The molecule has 0 atom stereocenters. The monoisotopic (exact) mass is 346 g/mol. The normalized spacial score (nSPS) is 10.5. The van der Waals surface area contributed by atoms with Gasteiger partial charge in [-0.25, -0.2) is 0 Å². The SMILES string of the molecule is CCOC(=O)CCCCCCSCCCCCCC(=O)OCC. The maximum atomic E-state index is 11.1. The standard InChI is InChI=1S/C18H34O4S/c1-3-21-17(19)13-9-5-7-11-15-23-16-12-8-6-10-14-18(20)22-4-2/h3-16H2,1-2H3. The number of hydrogen-bond donors (Lipinski definition) is 0. The molecule has 0 spiro atoms. The van der Waals surface area contributed by atoms with E-state index in [1.165, 1.54) is 37.2 Å². The molecule has 4 nitrogen and oxygen atoms in total. The summed E-state index contributed by atoms with van der Waals surface area (Å²) >= 11 is 2.01. The van der Waals surface area contributed by atoms with Crippen LogP contribution in [0.25, 0.3) is 0 Å². The summed E-state index contributed by atoms with van der Waals surface area (Å²) in [6, 6.07) is 0. The molecule has 0 unspecified atom stereocenters. The molecule has 0 aliphatic heterocycles. The van der Waals surface area contributed by atoms with Crippen LogP contribution in [0.1, 0.15) is 78.1 Å². The van der Waals surface area contributed by atoms with Gasteiger partial charge in [-0.05, 0) is 51.0 Å². The molecule has 23 heavy (non-hydrogen) atoms. The van der Waals surface area contributed by atoms with Gasteiger partial charge in [-0.3, -0.25) is 9.59 Å². The Balaban J connectivity index is 3.11. The summed E-state index contributed by atoms with van der Waals surface area (Å²) in [6.07, 6.45) is 10.1. The lowest BCUT2D eigenvalue weighted by molar-refractivity contribution is -0.144. The van der Waals surface area contributed by atoms with Crippen LogP contribution in [0.15, 0.2) is 0 Å². The van der Waals surface area contributed by atoms with Crippen LogP contribution in [-0.2, 0) is 19.1 Å². The lowest BCUT2D eigenvalue weighted by atomic mass is 10.1. The third kappa shape index (κ3) is 17.5. The zero-order chi connectivity index (χ0) is 17.2. The molecule has 0 aromatic heterocycles. The Labute approximate surface area is 146 Å². The van der Waals surface area contributed by atoms with E-state index < -0.39 is 0 Å². The van der Waals surface area contributed by atoms with Crippen LogP contribution < -0.4 is 0 Å². The molecule has 0 amide bonds. The molecule has 0 fully saturated rings. The van der Waals surface area contributed by atoms with Crippen molar-refractivity contribution in [1.29, 1.82) is 0 Å². The van der Waals surface area contributed by atoms with Crippen molar-refractivity contribution >= 4 is 23.7 Å². The number of hydrogen-bond acceptors (Lipinski definition) is 5. The average Bonchev–Trinajstić information content (AvgIpc) is 2.52. The van der Waals surface area contributed by atoms with E-state index in [2.05, 4.69) is 0 Å². The van der Waals surface area contributed by atoms with Crippen molar-refractivity contribution in [2.24, 2.45) is 0 Å². The van der Waals surface area contributed by atoms with Crippen LogP contribution in [0.4, 0.5) is 0 Å². The van der Waals surface area contributed by atoms with Crippen molar-refractivity contribution < 1.29 is 19.1 Å². The first-order chi connectivity index (χ1) is 11.2. The maximum absolute atomic E-state index is 11.1. The molecule has 0 aromatic rings. The van der Waals surface area contributed by atoms with Gasteiger partial charge in [0.25, 0.3) is 0 Å².